The van der Waals surface area contributed by atoms with Crippen LogP contribution in [0.3, 0.4) is 0 Å². The number of hydrogen-bond donors (Lipinski definition) is 1. The highest BCUT2D eigenvalue weighted by atomic mass is 16.3. The average Bonchev–Trinajstić information content (AvgIpc) is 2.35. The SMILES string of the molecule is CC(C)C(O)CCc1cnc2ccccc2c1. The van der Waals surface area contributed by atoms with E-state index in [2.05, 4.69) is 17.1 Å². The third-order valence-electron chi connectivity index (χ3n) is 3.15. The second kappa shape index (κ2) is 5.28. The van der Waals surface area contributed by atoms with Crippen molar-refractivity contribution in [2.24, 2.45) is 5.92 Å². The fourth-order valence-electron chi connectivity index (χ4n) is 1.90. The van der Waals surface area contributed by atoms with Gasteiger partial charge in [0.15, 0.2) is 0 Å². The van der Waals surface area contributed by atoms with Crippen molar-refractivity contribution in [2.45, 2.75) is 32.8 Å². The normalized spacial score (nSPS) is 13.2. The topological polar surface area (TPSA) is 33.1 Å². The molecule has 0 saturated heterocycles. The average molecular weight is 229 g/mol. The second-order valence-electron chi connectivity index (χ2n) is 4.89. The zero-order valence-corrected chi connectivity index (χ0v) is 10.4. The minimum Gasteiger partial charge on any atom is -0.393 e. The summed E-state index contributed by atoms with van der Waals surface area (Å²) in [4.78, 5) is 4.42. The largest absolute Gasteiger partial charge is 0.393 e. The predicted octanol–water partition coefficient (Wildman–Crippen LogP) is 3.18. The first-order valence-corrected chi connectivity index (χ1v) is 6.18. The fraction of sp³-hybridized carbons (Fsp3) is 0.400. The van der Waals surface area contributed by atoms with Crippen molar-refractivity contribution in [3.8, 4) is 0 Å². The number of aromatic nitrogens is 1. The molecule has 1 aromatic heterocycles. The van der Waals surface area contributed by atoms with Crippen molar-refractivity contribution in [1.29, 1.82) is 0 Å². The van der Waals surface area contributed by atoms with Crippen LogP contribution in [-0.4, -0.2) is 16.2 Å². The molecule has 1 atom stereocenters. The third kappa shape index (κ3) is 3.04. The van der Waals surface area contributed by atoms with Crippen LogP contribution in [0.4, 0.5) is 0 Å². The van der Waals surface area contributed by atoms with Gasteiger partial charge < -0.3 is 5.11 Å². The summed E-state index contributed by atoms with van der Waals surface area (Å²) in [5.74, 6) is 0.323. The van der Waals surface area contributed by atoms with E-state index in [9.17, 15) is 5.11 Å². The number of aryl methyl sites for hydroxylation is 1. The summed E-state index contributed by atoms with van der Waals surface area (Å²) in [6.07, 6.45) is 3.38. The van der Waals surface area contributed by atoms with E-state index in [-0.39, 0.29) is 6.10 Å². The van der Waals surface area contributed by atoms with Crippen molar-refractivity contribution in [2.75, 3.05) is 0 Å². The Hall–Kier alpha value is -1.41. The highest BCUT2D eigenvalue weighted by Gasteiger charge is 2.09. The van der Waals surface area contributed by atoms with Crippen LogP contribution in [0, 0.1) is 5.92 Å². The van der Waals surface area contributed by atoms with Gasteiger partial charge in [-0.1, -0.05) is 32.0 Å². The molecule has 2 heteroatoms. The molecule has 17 heavy (non-hydrogen) atoms. The molecular weight excluding hydrogens is 210 g/mol. The Balaban J connectivity index is 2.09. The van der Waals surface area contributed by atoms with Crippen molar-refractivity contribution in [1.82, 2.24) is 4.98 Å². The molecule has 1 N–H and O–H groups in total. The first-order chi connectivity index (χ1) is 8.16. The summed E-state index contributed by atoms with van der Waals surface area (Å²) in [6, 6.07) is 10.3. The first-order valence-electron chi connectivity index (χ1n) is 6.18. The molecule has 1 heterocycles. The van der Waals surface area contributed by atoms with Crippen molar-refractivity contribution >= 4 is 10.9 Å². The molecule has 0 saturated carbocycles. The number of benzene rings is 1. The lowest BCUT2D eigenvalue weighted by Crippen LogP contribution is -2.15. The maximum absolute atomic E-state index is 9.78. The van der Waals surface area contributed by atoms with Crippen molar-refractivity contribution in [3.63, 3.8) is 0 Å². The molecule has 0 aliphatic rings. The summed E-state index contributed by atoms with van der Waals surface area (Å²) in [5.41, 5.74) is 2.23. The van der Waals surface area contributed by atoms with Gasteiger partial charge in [-0.25, -0.2) is 0 Å². The van der Waals surface area contributed by atoms with E-state index in [4.69, 9.17) is 0 Å². The van der Waals surface area contributed by atoms with E-state index >= 15 is 0 Å². The number of aliphatic hydroxyl groups excluding tert-OH is 1. The zero-order valence-electron chi connectivity index (χ0n) is 10.4. The van der Waals surface area contributed by atoms with Crippen LogP contribution in [0.5, 0.6) is 0 Å². The number of fused-ring (bicyclic) bond motifs is 1. The maximum Gasteiger partial charge on any atom is 0.0702 e. The highest BCUT2D eigenvalue weighted by molar-refractivity contribution is 5.78. The Morgan fingerprint density at radius 1 is 1.24 bits per heavy atom. The van der Waals surface area contributed by atoms with Gasteiger partial charge in [0.2, 0.25) is 0 Å². The summed E-state index contributed by atoms with van der Waals surface area (Å²) in [7, 11) is 0. The first kappa shape index (κ1) is 12.1. The van der Waals surface area contributed by atoms with E-state index in [1.165, 1.54) is 10.9 Å². The zero-order chi connectivity index (χ0) is 12.3. The van der Waals surface area contributed by atoms with Gasteiger partial charge in [0.1, 0.15) is 0 Å². The number of hydrogen-bond acceptors (Lipinski definition) is 2. The lowest BCUT2D eigenvalue weighted by molar-refractivity contribution is 0.116. The fourth-order valence-corrected chi connectivity index (χ4v) is 1.90. The molecule has 0 aliphatic heterocycles. The van der Waals surface area contributed by atoms with Gasteiger partial charge in [-0.15, -0.1) is 0 Å². The standard InChI is InChI=1S/C15H19NO/c1-11(2)15(17)8-7-12-9-13-5-3-4-6-14(13)16-10-12/h3-6,9-11,15,17H,7-8H2,1-2H3. The van der Waals surface area contributed by atoms with Gasteiger partial charge in [-0.3, -0.25) is 4.98 Å². The Morgan fingerprint density at radius 2 is 2.00 bits per heavy atom. The van der Waals surface area contributed by atoms with Crippen molar-refractivity contribution in [3.05, 3.63) is 42.1 Å². The molecule has 1 aromatic carbocycles. The molecule has 0 bridgehead atoms. The van der Waals surface area contributed by atoms with Crippen LogP contribution < -0.4 is 0 Å². The van der Waals surface area contributed by atoms with Gasteiger partial charge >= 0.3 is 0 Å². The summed E-state index contributed by atoms with van der Waals surface area (Å²) in [5, 5.41) is 11.0. The van der Waals surface area contributed by atoms with Crippen LogP contribution in [0.1, 0.15) is 25.8 Å². The van der Waals surface area contributed by atoms with Crippen LogP contribution >= 0.6 is 0 Å². The Kier molecular flexibility index (Phi) is 3.75. The van der Waals surface area contributed by atoms with E-state index in [1.54, 1.807) is 0 Å². The number of nitrogens with zero attached hydrogens (tertiary/aromatic N) is 1. The third-order valence-corrected chi connectivity index (χ3v) is 3.15. The van der Waals surface area contributed by atoms with E-state index in [0.29, 0.717) is 5.92 Å². The quantitative estimate of drug-likeness (QED) is 0.873. The molecule has 90 valence electrons. The van der Waals surface area contributed by atoms with Crippen LogP contribution in [0.25, 0.3) is 10.9 Å². The molecule has 2 aromatic rings. The Bertz CT molecular complexity index is 493. The molecule has 0 fully saturated rings. The van der Waals surface area contributed by atoms with Crippen molar-refractivity contribution < 1.29 is 5.11 Å². The number of aliphatic hydroxyl groups is 1. The van der Waals surface area contributed by atoms with Gasteiger partial charge in [0, 0.05) is 11.6 Å². The van der Waals surface area contributed by atoms with E-state index in [0.717, 1.165) is 18.4 Å². The second-order valence-corrected chi connectivity index (χ2v) is 4.89. The summed E-state index contributed by atoms with van der Waals surface area (Å²) in [6.45, 7) is 4.09. The molecule has 2 nitrogen and oxygen atoms in total. The molecule has 1 unspecified atom stereocenters. The molecular formula is C15H19NO. The lowest BCUT2D eigenvalue weighted by Gasteiger charge is -2.13. The number of pyridine rings is 1. The van der Waals surface area contributed by atoms with Gasteiger partial charge in [0.05, 0.1) is 11.6 Å². The predicted molar refractivity (Wildman–Crippen MR) is 70.9 cm³/mol. The minimum absolute atomic E-state index is 0.221. The van der Waals surface area contributed by atoms with Crippen LogP contribution in [0.2, 0.25) is 0 Å². The van der Waals surface area contributed by atoms with Crippen LogP contribution in [-0.2, 0) is 6.42 Å². The summed E-state index contributed by atoms with van der Waals surface area (Å²) >= 11 is 0. The molecule has 2 rings (SSSR count). The van der Waals surface area contributed by atoms with Gasteiger partial charge in [-0.2, -0.15) is 0 Å². The highest BCUT2D eigenvalue weighted by Crippen LogP contribution is 2.15. The molecule has 0 spiro atoms. The summed E-state index contributed by atoms with van der Waals surface area (Å²) < 4.78 is 0. The van der Waals surface area contributed by atoms with Crippen LogP contribution in [0.15, 0.2) is 36.5 Å². The smallest absolute Gasteiger partial charge is 0.0702 e. The van der Waals surface area contributed by atoms with Gasteiger partial charge in [-0.05, 0) is 36.5 Å². The van der Waals surface area contributed by atoms with Gasteiger partial charge in [0.25, 0.3) is 0 Å². The maximum atomic E-state index is 9.78. The lowest BCUT2D eigenvalue weighted by atomic mass is 9.99. The molecule has 0 radical (unpaired) electrons. The van der Waals surface area contributed by atoms with E-state index in [1.807, 2.05) is 38.2 Å². The number of rotatable bonds is 4. The molecule has 0 aliphatic carbocycles. The minimum atomic E-state index is -0.221. The van der Waals surface area contributed by atoms with E-state index < -0.39 is 0 Å². The Morgan fingerprint density at radius 3 is 2.76 bits per heavy atom. The Labute approximate surface area is 102 Å². The monoisotopic (exact) mass is 229 g/mol. The molecule has 0 amide bonds. The number of para-hydroxylation sites is 1.